The quantitative estimate of drug-likeness (QED) is 0.793. The van der Waals surface area contributed by atoms with Gasteiger partial charge in [0.2, 0.25) is 5.91 Å². The smallest absolute Gasteiger partial charge is 0.315 e. The predicted molar refractivity (Wildman–Crippen MR) is 89.0 cm³/mol. The van der Waals surface area contributed by atoms with Gasteiger partial charge < -0.3 is 16.0 Å². The van der Waals surface area contributed by atoms with E-state index >= 15 is 0 Å². The molecule has 1 aromatic heterocycles. The highest BCUT2D eigenvalue weighted by molar-refractivity contribution is 7.10. The molecule has 0 aliphatic heterocycles. The molecule has 0 spiro atoms. The maximum atomic E-state index is 12.0. The van der Waals surface area contributed by atoms with Crippen molar-refractivity contribution in [3.63, 3.8) is 0 Å². The van der Waals surface area contributed by atoms with Crippen molar-refractivity contribution in [2.45, 2.75) is 26.4 Å². The SMILES string of the molecule is Cc1ccsc1CNC(=O)N[C@H](C)C(=O)Nc1ccccc1. The minimum absolute atomic E-state index is 0.256. The number of carbonyl (C=O) groups is 2. The van der Waals surface area contributed by atoms with Crippen LogP contribution in [-0.2, 0) is 11.3 Å². The maximum absolute atomic E-state index is 12.0. The van der Waals surface area contributed by atoms with E-state index < -0.39 is 6.04 Å². The largest absolute Gasteiger partial charge is 0.333 e. The molecule has 5 nitrogen and oxygen atoms in total. The van der Waals surface area contributed by atoms with Crippen LogP contribution in [0.15, 0.2) is 41.8 Å². The minimum Gasteiger partial charge on any atom is -0.333 e. The Hall–Kier alpha value is -2.34. The third-order valence-corrected chi connectivity index (χ3v) is 4.18. The number of benzene rings is 1. The monoisotopic (exact) mass is 317 g/mol. The van der Waals surface area contributed by atoms with Gasteiger partial charge in [-0.1, -0.05) is 18.2 Å². The normalized spacial score (nSPS) is 11.5. The van der Waals surface area contributed by atoms with Gasteiger partial charge in [-0.25, -0.2) is 4.79 Å². The first kappa shape index (κ1) is 16.0. The Balaban J connectivity index is 1.78. The molecule has 0 bridgehead atoms. The highest BCUT2D eigenvalue weighted by Crippen LogP contribution is 2.14. The van der Waals surface area contributed by atoms with Gasteiger partial charge in [0.1, 0.15) is 6.04 Å². The van der Waals surface area contributed by atoms with Crippen molar-refractivity contribution in [2.24, 2.45) is 0 Å². The van der Waals surface area contributed by atoms with E-state index in [0.29, 0.717) is 12.2 Å². The van der Waals surface area contributed by atoms with Crippen LogP contribution in [0.1, 0.15) is 17.4 Å². The molecule has 0 unspecified atom stereocenters. The third-order valence-electron chi connectivity index (χ3n) is 3.16. The maximum Gasteiger partial charge on any atom is 0.315 e. The number of aryl methyl sites for hydroxylation is 1. The van der Waals surface area contributed by atoms with Gasteiger partial charge in [-0.15, -0.1) is 11.3 Å². The Morgan fingerprint density at radius 2 is 1.91 bits per heavy atom. The summed E-state index contributed by atoms with van der Waals surface area (Å²) in [5, 5.41) is 10.1. The number of hydrogen-bond donors (Lipinski definition) is 3. The van der Waals surface area contributed by atoms with Crippen LogP contribution >= 0.6 is 11.3 Å². The third kappa shape index (κ3) is 4.60. The van der Waals surface area contributed by atoms with Gasteiger partial charge in [-0.2, -0.15) is 0 Å². The molecule has 0 saturated heterocycles. The Morgan fingerprint density at radius 1 is 1.18 bits per heavy atom. The summed E-state index contributed by atoms with van der Waals surface area (Å²) in [6, 6.07) is 10.2. The van der Waals surface area contributed by atoms with Gasteiger partial charge in [0.25, 0.3) is 0 Å². The van der Waals surface area contributed by atoms with Gasteiger partial charge in [0, 0.05) is 10.6 Å². The highest BCUT2D eigenvalue weighted by Gasteiger charge is 2.15. The average molecular weight is 317 g/mol. The Labute approximate surface area is 133 Å². The highest BCUT2D eigenvalue weighted by atomic mass is 32.1. The average Bonchev–Trinajstić information content (AvgIpc) is 2.91. The molecule has 116 valence electrons. The summed E-state index contributed by atoms with van der Waals surface area (Å²) in [4.78, 5) is 24.9. The number of urea groups is 1. The molecule has 0 radical (unpaired) electrons. The van der Waals surface area contributed by atoms with Gasteiger partial charge >= 0.3 is 6.03 Å². The molecule has 0 fully saturated rings. The zero-order chi connectivity index (χ0) is 15.9. The molecule has 1 aromatic carbocycles. The molecule has 0 aliphatic rings. The van der Waals surface area contributed by atoms with E-state index in [4.69, 9.17) is 0 Å². The molecule has 0 aliphatic carbocycles. The molecular weight excluding hydrogens is 298 g/mol. The standard InChI is InChI=1S/C16H19N3O2S/c1-11-8-9-22-14(11)10-17-16(21)18-12(2)15(20)19-13-6-4-3-5-7-13/h3-9,12H,10H2,1-2H3,(H,19,20)(H2,17,18,21)/t12-/m1/s1. The Kier molecular flexibility index (Phi) is 5.55. The molecule has 22 heavy (non-hydrogen) atoms. The summed E-state index contributed by atoms with van der Waals surface area (Å²) in [7, 11) is 0. The predicted octanol–water partition coefficient (Wildman–Crippen LogP) is 2.88. The molecule has 6 heteroatoms. The zero-order valence-corrected chi connectivity index (χ0v) is 13.4. The summed E-state index contributed by atoms with van der Waals surface area (Å²) in [6.45, 7) is 4.11. The molecule has 2 aromatic rings. The van der Waals surface area contributed by atoms with E-state index in [1.54, 1.807) is 30.4 Å². The number of hydrogen-bond acceptors (Lipinski definition) is 3. The van der Waals surface area contributed by atoms with Crippen LogP contribution in [0.3, 0.4) is 0 Å². The lowest BCUT2D eigenvalue weighted by Crippen LogP contribution is -2.46. The van der Waals surface area contributed by atoms with Crippen molar-refractivity contribution in [3.8, 4) is 0 Å². The van der Waals surface area contributed by atoms with E-state index in [1.807, 2.05) is 36.6 Å². The van der Waals surface area contributed by atoms with Crippen LogP contribution in [0.5, 0.6) is 0 Å². The summed E-state index contributed by atoms with van der Waals surface area (Å²) in [5.74, 6) is -0.256. The number of thiophene rings is 1. The van der Waals surface area contributed by atoms with E-state index in [-0.39, 0.29) is 11.9 Å². The van der Waals surface area contributed by atoms with Gasteiger partial charge in [0.15, 0.2) is 0 Å². The second kappa shape index (κ2) is 7.61. The first-order valence-corrected chi connectivity index (χ1v) is 7.87. The molecule has 3 amide bonds. The van der Waals surface area contributed by atoms with Crippen molar-refractivity contribution in [1.82, 2.24) is 10.6 Å². The molecule has 0 saturated carbocycles. The first-order chi connectivity index (χ1) is 10.6. The van der Waals surface area contributed by atoms with E-state index in [9.17, 15) is 9.59 Å². The van der Waals surface area contributed by atoms with Gasteiger partial charge in [-0.3, -0.25) is 4.79 Å². The second-order valence-corrected chi connectivity index (χ2v) is 5.93. The van der Waals surface area contributed by atoms with Gasteiger partial charge in [0.05, 0.1) is 6.54 Å². The van der Waals surface area contributed by atoms with Crippen molar-refractivity contribution in [3.05, 3.63) is 52.2 Å². The van der Waals surface area contributed by atoms with Crippen LogP contribution in [0.25, 0.3) is 0 Å². The minimum atomic E-state index is -0.621. The number of anilines is 1. The molecule has 1 heterocycles. The van der Waals surface area contributed by atoms with Crippen molar-refractivity contribution in [1.29, 1.82) is 0 Å². The summed E-state index contributed by atoms with van der Waals surface area (Å²) < 4.78 is 0. The second-order valence-electron chi connectivity index (χ2n) is 4.93. The Bertz CT molecular complexity index is 640. The lowest BCUT2D eigenvalue weighted by atomic mass is 10.2. The van der Waals surface area contributed by atoms with Crippen molar-refractivity contribution < 1.29 is 9.59 Å². The fraction of sp³-hybridized carbons (Fsp3) is 0.250. The first-order valence-electron chi connectivity index (χ1n) is 6.99. The van der Waals surface area contributed by atoms with Crippen LogP contribution in [-0.4, -0.2) is 18.0 Å². The van der Waals surface area contributed by atoms with E-state index in [0.717, 1.165) is 10.4 Å². The lowest BCUT2D eigenvalue weighted by molar-refractivity contribution is -0.117. The Morgan fingerprint density at radius 3 is 2.55 bits per heavy atom. The van der Waals surface area contributed by atoms with E-state index in [1.165, 1.54) is 0 Å². The number of carbonyl (C=O) groups excluding carboxylic acids is 2. The van der Waals surface area contributed by atoms with Crippen molar-refractivity contribution >= 4 is 29.0 Å². The van der Waals surface area contributed by atoms with Crippen molar-refractivity contribution in [2.75, 3.05) is 5.32 Å². The fourth-order valence-corrected chi connectivity index (χ4v) is 2.68. The fourth-order valence-electron chi connectivity index (χ4n) is 1.83. The van der Waals surface area contributed by atoms with Crippen LogP contribution in [0.2, 0.25) is 0 Å². The number of para-hydroxylation sites is 1. The van der Waals surface area contributed by atoms with E-state index in [2.05, 4.69) is 16.0 Å². The number of rotatable bonds is 5. The molecule has 3 N–H and O–H groups in total. The number of amides is 3. The molecule has 1 atom stereocenters. The summed E-state index contributed by atoms with van der Waals surface area (Å²) >= 11 is 1.60. The van der Waals surface area contributed by atoms with Crippen LogP contribution < -0.4 is 16.0 Å². The molecule has 2 rings (SSSR count). The zero-order valence-electron chi connectivity index (χ0n) is 12.6. The topological polar surface area (TPSA) is 70.2 Å². The summed E-state index contributed by atoms with van der Waals surface area (Å²) in [6.07, 6.45) is 0. The van der Waals surface area contributed by atoms with Crippen LogP contribution in [0.4, 0.5) is 10.5 Å². The van der Waals surface area contributed by atoms with Crippen LogP contribution in [0, 0.1) is 6.92 Å². The van der Waals surface area contributed by atoms with Gasteiger partial charge in [-0.05, 0) is 43.0 Å². The number of nitrogens with one attached hydrogen (secondary N) is 3. The molecular formula is C16H19N3O2S. The lowest BCUT2D eigenvalue weighted by Gasteiger charge is -2.14. The summed E-state index contributed by atoms with van der Waals surface area (Å²) in [5.41, 5.74) is 1.86.